The first-order chi connectivity index (χ1) is 13.2. The number of carbonyl (C=O) groups is 1. The van der Waals surface area contributed by atoms with Gasteiger partial charge in [-0.15, -0.1) is 8.78 Å². The van der Waals surface area contributed by atoms with Gasteiger partial charge < -0.3 is 9.47 Å². The molecule has 0 saturated carbocycles. The molecule has 4 rings (SSSR count). The normalized spacial score (nSPS) is 14.2. The van der Waals surface area contributed by atoms with Crippen LogP contribution < -0.4 is 14.4 Å². The molecule has 0 fully saturated rings. The maximum atomic E-state index is 13.2. The molecule has 144 valence electrons. The maximum absolute atomic E-state index is 13.2. The second kappa shape index (κ2) is 6.57. The molecule has 3 heterocycles. The van der Waals surface area contributed by atoms with E-state index in [1.54, 1.807) is 0 Å². The van der Waals surface area contributed by atoms with E-state index in [1.165, 1.54) is 42.7 Å². The van der Waals surface area contributed by atoms with Crippen LogP contribution in [0.4, 0.5) is 14.6 Å². The number of nitrogens with zero attached hydrogens (tertiary/aromatic N) is 4. The number of rotatable bonds is 3. The van der Waals surface area contributed by atoms with E-state index in [-0.39, 0.29) is 38.8 Å². The number of aromatic nitrogens is 4. The van der Waals surface area contributed by atoms with Crippen molar-refractivity contribution in [1.82, 2.24) is 20.2 Å². The summed E-state index contributed by atoms with van der Waals surface area (Å²) in [5, 5.41) is 6.49. The van der Waals surface area contributed by atoms with Crippen LogP contribution >= 0.6 is 23.2 Å². The lowest BCUT2D eigenvalue weighted by atomic mass is 10.1. The molecule has 0 saturated heterocycles. The summed E-state index contributed by atoms with van der Waals surface area (Å²) in [7, 11) is 1.48. The molecule has 0 unspecified atom stereocenters. The van der Waals surface area contributed by atoms with E-state index >= 15 is 0 Å². The summed E-state index contributed by atoms with van der Waals surface area (Å²) in [5.74, 6) is -0.586. The van der Waals surface area contributed by atoms with Crippen LogP contribution in [0.15, 0.2) is 30.7 Å². The van der Waals surface area contributed by atoms with Crippen LogP contribution in [0.25, 0.3) is 11.3 Å². The van der Waals surface area contributed by atoms with Gasteiger partial charge >= 0.3 is 6.29 Å². The molecule has 0 spiro atoms. The number of hydrogen-bond donors (Lipinski definition) is 1. The molecule has 1 amide bonds. The minimum Gasteiger partial charge on any atom is -0.395 e. The summed E-state index contributed by atoms with van der Waals surface area (Å²) in [4.78, 5) is 22.0. The van der Waals surface area contributed by atoms with Crippen LogP contribution in [-0.2, 0) is 0 Å². The monoisotopic (exact) mass is 427 g/mol. The van der Waals surface area contributed by atoms with Gasteiger partial charge in [0.05, 0.1) is 34.3 Å². The quantitative estimate of drug-likeness (QED) is 0.683. The number of anilines is 1. The van der Waals surface area contributed by atoms with E-state index in [4.69, 9.17) is 23.2 Å². The van der Waals surface area contributed by atoms with Crippen molar-refractivity contribution in [2.24, 2.45) is 0 Å². The summed E-state index contributed by atoms with van der Waals surface area (Å²) >= 11 is 12.0. The predicted molar refractivity (Wildman–Crippen MR) is 95.0 cm³/mol. The van der Waals surface area contributed by atoms with Gasteiger partial charge in [0, 0.05) is 18.7 Å². The van der Waals surface area contributed by atoms with Crippen molar-refractivity contribution in [2.45, 2.75) is 6.29 Å². The Bertz CT molecular complexity index is 1070. The summed E-state index contributed by atoms with van der Waals surface area (Å²) in [6.45, 7) is 0. The number of ether oxygens (including phenoxy) is 2. The highest BCUT2D eigenvalue weighted by atomic mass is 35.5. The van der Waals surface area contributed by atoms with E-state index in [1.807, 2.05) is 0 Å². The molecule has 0 radical (unpaired) electrons. The number of alkyl halides is 2. The fourth-order valence-corrected chi connectivity index (χ4v) is 2.92. The lowest BCUT2D eigenvalue weighted by Gasteiger charge is -2.15. The zero-order chi connectivity index (χ0) is 20.1. The van der Waals surface area contributed by atoms with E-state index in [0.717, 1.165) is 0 Å². The number of hydrogen-bond acceptors (Lipinski definition) is 6. The molecule has 28 heavy (non-hydrogen) atoms. The first kappa shape index (κ1) is 18.4. The molecule has 1 aliphatic rings. The molecule has 1 aliphatic heterocycles. The number of benzene rings is 1. The number of halogens is 4. The Labute approximate surface area is 166 Å². The molecule has 0 aliphatic carbocycles. The molecule has 0 bridgehead atoms. The number of aromatic amines is 1. The highest BCUT2D eigenvalue weighted by Gasteiger charge is 2.44. The Kier molecular flexibility index (Phi) is 4.31. The maximum Gasteiger partial charge on any atom is 0.586 e. The van der Waals surface area contributed by atoms with E-state index in [9.17, 15) is 13.6 Å². The zero-order valence-corrected chi connectivity index (χ0v) is 15.4. The number of fused-ring (bicyclic) bond motifs is 1. The van der Waals surface area contributed by atoms with Crippen LogP contribution in [-0.4, -0.2) is 39.4 Å². The second-order valence-corrected chi connectivity index (χ2v) is 6.48. The van der Waals surface area contributed by atoms with Crippen molar-refractivity contribution in [3.63, 3.8) is 0 Å². The van der Waals surface area contributed by atoms with Gasteiger partial charge in [0.1, 0.15) is 5.69 Å². The molecule has 3 aromatic rings. The van der Waals surface area contributed by atoms with Crippen molar-refractivity contribution in [2.75, 3.05) is 11.9 Å². The second-order valence-electron chi connectivity index (χ2n) is 5.66. The van der Waals surface area contributed by atoms with Crippen molar-refractivity contribution in [3.8, 4) is 22.8 Å². The lowest BCUT2D eigenvalue weighted by molar-refractivity contribution is -0.286. The summed E-state index contributed by atoms with van der Waals surface area (Å²) in [6.07, 6.45) is 0.224. The Morgan fingerprint density at radius 1 is 1.11 bits per heavy atom. The molecule has 8 nitrogen and oxygen atoms in total. The highest BCUT2D eigenvalue weighted by molar-refractivity contribution is 6.34. The minimum atomic E-state index is -3.75. The van der Waals surface area contributed by atoms with Crippen molar-refractivity contribution < 1.29 is 23.0 Å². The summed E-state index contributed by atoms with van der Waals surface area (Å²) in [6, 6.07) is 2.49. The zero-order valence-electron chi connectivity index (χ0n) is 13.9. The fourth-order valence-electron chi connectivity index (χ4n) is 2.49. The number of carbonyl (C=O) groups excluding carboxylic acids is 1. The minimum absolute atomic E-state index is 0.106. The first-order valence-corrected chi connectivity index (χ1v) is 8.39. The molecule has 2 aromatic heterocycles. The van der Waals surface area contributed by atoms with Gasteiger partial charge in [0.25, 0.3) is 5.91 Å². The smallest absolute Gasteiger partial charge is 0.395 e. The molecule has 12 heteroatoms. The summed E-state index contributed by atoms with van der Waals surface area (Å²) < 4.78 is 35.2. The number of H-pyrrole nitrogens is 1. The van der Waals surface area contributed by atoms with Crippen LogP contribution in [0, 0.1) is 0 Å². The molecular formula is C16H9Cl2F2N5O3. The SMILES string of the molecule is CN(C(=O)c1[nH]ncc1Cl)c1cnc(-c2cc3c(cc2Cl)OC(F)(F)O3)cn1. The van der Waals surface area contributed by atoms with Gasteiger partial charge in [-0.1, -0.05) is 23.2 Å². The van der Waals surface area contributed by atoms with E-state index in [0.29, 0.717) is 5.56 Å². The average molecular weight is 428 g/mol. The van der Waals surface area contributed by atoms with Crippen LogP contribution in [0.2, 0.25) is 10.0 Å². The third kappa shape index (κ3) is 3.20. The Balaban J connectivity index is 1.61. The first-order valence-electron chi connectivity index (χ1n) is 7.64. The highest BCUT2D eigenvalue weighted by Crippen LogP contribution is 2.45. The number of amides is 1. The third-order valence-electron chi connectivity index (χ3n) is 3.86. The molecule has 1 aromatic carbocycles. The van der Waals surface area contributed by atoms with Crippen molar-refractivity contribution >= 4 is 34.9 Å². The van der Waals surface area contributed by atoms with Gasteiger partial charge in [0.15, 0.2) is 17.3 Å². The molecular weight excluding hydrogens is 419 g/mol. The average Bonchev–Trinajstić information content (AvgIpc) is 3.20. The lowest BCUT2D eigenvalue weighted by Crippen LogP contribution is -2.27. The van der Waals surface area contributed by atoms with E-state index in [2.05, 4.69) is 29.6 Å². The Hall–Kier alpha value is -2.98. The molecule has 1 N–H and O–H groups in total. The Morgan fingerprint density at radius 3 is 2.43 bits per heavy atom. The van der Waals surface area contributed by atoms with Crippen molar-refractivity contribution in [1.29, 1.82) is 0 Å². The predicted octanol–water partition coefficient (Wildman–Crippen LogP) is 3.77. The standard InChI is InChI=1S/C16H9Cl2F2N5O3/c1-25(15(26)14-9(18)4-23-24-14)13-6-21-10(5-22-13)7-2-11-12(3-8(7)17)28-16(19,20)27-11/h2-6H,1H3,(H,23,24). The number of nitrogens with one attached hydrogen (secondary N) is 1. The van der Waals surface area contributed by atoms with Crippen LogP contribution in [0.5, 0.6) is 11.5 Å². The molecule has 0 atom stereocenters. The van der Waals surface area contributed by atoms with Crippen molar-refractivity contribution in [3.05, 3.63) is 46.5 Å². The van der Waals surface area contributed by atoms with E-state index < -0.39 is 12.2 Å². The largest absolute Gasteiger partial charge is 0.586 e. The third-order valence-corrected chi connectivity index (χ3v) is 4.46. The Morgan fingerprint density at radius 2 is 1.82 bits per heavy atom. The van der Waals surface area contributed by atoms with Gasteiger partial charge in [-0.3, -0.25) is 19.8 Å². The van der Waals surface area contributed by atoms with Gasteiger partial charge in [-0.05, 0) is 6.07 Å². The van der Waals surface area contributed by atoms with Gasteiger partial charge in [-0.25, -0.2) is 4.98 Å². The topological polar surface area (TPSA) is 93.2 Å². The van der Waals surface area contributed by atoms with Crippen LogP contribution in [0.3, 0.4) is 0 Å². The van der Waals surface area contributed by atoms with Gasteiger partial charge in [-0.2, -0.15) is 5.10 Å². The van der Waals surface area contributed by atoms with Crippen LogP contribution in [0.1, 0.15) is 10.5 Å². The van der Waals surface area contributed by atoms with Gasteiger partial charge in [0.2, 0.25) is 0 Å². The fraction of sp³-hybridized carbons (Fsp3) is 0.125. The summed E-state index contributed by atoms with van der Waals surface area (Å²) in [5.41, 5.74) is 0.705.